The Morgan fingerprint density at radius 1 is 1.56 bits per heavy atom. The number of carbonyl (C=O) groups is 1. The molecule has 8 heteroatoms. The van der Waals surface area contributed by atoms with Gasteiger partial charge in [0.25, 0.3) is 0 Å². The SMILES string of the molecule is COC(=O)c1ncc2c(n1)C(C)(C(F)(F)F)OC2. The lowest BCUT2D eigenvalue weighted by molar-refractivity contribution is -0.273. The van der Waals surface area contributed by atoms with Crippen LogP contribution in [0.1, 0.15) is 28.8 Å². The number of carbonyl (C=O) groups excluding carboxylic acids is 1. The van der Waals surface area contributed by atoms with Gasteiger partial charge in [-0.25, -0.2) is 14.8 Å². The number of methoxy groups -OCH3 is 1. The molecule has 0 spiro atoms. The summed E-state index contributed by atoms with van der Waals surface area (Å²) in [5.74, 6) is -1.31. The first kappa shape index (κ1) is 12.7. The second kappa shape index (κ2) is 3.91. The van der Waals surface area contributed by atoms with E-state index in [2.05, 4.69) is 14.7 Å². The Hall–Kier alpha value is -1.70. The van der Waals surface area contributed by atoms with E-state index in [4.69, 9.17) is 4.74 Å². The number of halogens is 3. The summed E-state index contributed by atoms with van der Waals surface area (Å²) in [6.07, 6.45) is -3.48. The molecule has 0 aromatic carbocycles. The maximum absolute atomic E-state index is 12.9. The third-order valence-electron chi connectivity index (χ3n) is 2.74. The van der Waals surface area contributed by atoms with Crippen molar-refractivity contribution in [2.45, 2.75) is 25.3 Å². The largest absolute Gasteiger partial charge is 0.463 e. The zero-order valence-corrected chi connectivity index (χ0v) is 9.54. The van der Waals surface area contributed by atoms with Gasteiger partial charge in [0, 0.05) is 11.8 Å². The molecular weight excluding hydrogens is 253 g/mol. The molecule has 1 aromatic rings. The first-order chi connectivity index (χ1) is 8.29. The summed E-state index contributed by atoms with van der Waals surface area (Å²) < 4.78 is 47.9. The summed E-state index contributed by atoms with van der Waals surface area (Å²) in [5, 5.41) is 0. The van der Waals surface area contributed by atoms with E-state index in [1.165, 1.54) is 0 Å². The molecule has 1 aliphatic rings. The fourth-order valence-corrected chi connectivity index (χ4v) is 1.62. The van der Waals surface area contributed by atoms with Gasteiger partial charge in [0.15, 0.2) is 0 Å². The van der Waals surface area contributed by atoms with Crippen LogP contribution in [0, 0.1) is 0 Å². The predicted molar refractivity (Wildman–Crippen MR) is 51.6 cm³/mol. The van der Waals surface area contributed by atoms with Crippen molar-refractivity contribution in [3.63, 3.8) is 0 Å². The number of alkyl halides is 3. The minimum atomic E-state index is -4.63. The number of ether oxygens (including phenoxy) is 2. The predicted octanol–water partition coefficient (Wildman–Crippen LogP) is 1.57. The molecule has 0 bridgehead atoms. The van der Waals surface area contributed by atoms with Gasteiger partial charge in [0.2, 0.25) is 11.4 Å². The molecule has 1 aromatic heterocycles. The lowest BCUT2D eigenvalue weighted by Crippen LogP contribution is -2.40. The highest BCUT2D eigenvalue weighted by molar-refractivity contribution is 5.85. The smallest absolute Gasteiger partial charge is 0.422 e. The van der Waals surface area contributed by atoms with Gasteiger partial charge in [0.1, 0.15) is 0 Å². The van der Waals surface area contributed by atoms with E-state index >= 15 is 0 Å². The summed E-state index contributed by atoms with van der Waals surface area (Å²) in [5.41, 5.74) is -2.65. The van der Waals surface area contributed by atoms with Crippen LogP contribution in [-0.2, 0) is 21.7 Å². The summed E-state index contributed by atoms with van der Waals surface area (Å²) in [6, 6.07) is 0. The average Bonchev–Trinajstić information content (AvgIpc) is 2.66. The van der Waals surface area contributed by atoms with Gasteiger partial charge in [0.05, 0.1) is 19.4 Å². The van der Waals surface area contributed by atoms with Gasteiger partial charge in [-0.1, -0.05) is 0 Å². The van der Waals surface area contributed by atoms with Gasteiger partial charge < -0.3 is 9.47 Å². The van der Waals surface area contributed by atoms with Crippen molar-refractivity contribution < 1.29 is 27.4 Å². The van der Waals surface area contributed by atoms with Crippen LogP contribution < -0.4 is 0 Å². The minimum Gasteiger partial charge on any atom is -0.463 e. The Balaban J connectivity index is 2.52. The number of rotatable bonds is 1. The Kier molecular flexibility index (Phi) is 2.77. The van der Waals surface area contributed by atoms with Crippen molar-refractivity contribution in [3.05, 3.63) is 23.3 Å². The Morgan fingerprint density at radius 2 is 2.22 bits per heavy atom. The van der Waals surface area contributed by atoms with Crippen molar-refractivity contribution in [1.82, 2.24) is 9.97 Å². The lowest BCUT2D eigenvalue weighted by atomic mass is 10.0. The molecule has 2 rings (SSSR count). The van der Waals surface area contributed by atoms with Crippen LogP contribution in [0.2, 0.25) is 0 Å². The van der Waals surface area contributed by atoms with Gasteiger partial charge in [-0.3, -0.25) is 0 Å². The van der Waals surface area contributed by atoms with E-state index < -0.39 is 23.6 Å². The molecule has 0 N–H and O–H groups in total. The molecule has 98 valence electrons. The molecule has 1 atom stereocenters. The number of hydrogen-bond acceptors (Lipinski definition) is 5. The Morgan fingerprint density at radius 3 is 2.78 bits per heavy atom. The molecule has 18 heavy (non-hydrogen) atoms. The maximum atomic E-state index is 12.9. The molecule has 1 aliphatic heterocycles. The van der Waals surface area contributed by atoms with Crippen LogP contribution in [0.25, 0.3) is 0 Å². The standard InChI is InChI=1S/C10H9F3N2O3/c1-9(10(11,12)13)6-5(4-18-9)3-14-7(15-6)8(16)17-2/h3H,4H2,1-2H3. The van der Waals surface area contributed by atoms with Gasteiger partial charge in [-0.05, 0) is 6.92 Å². The van der Waals surface area contributed by atoms with Crippen LogP contribution in [0.3, 0.4) is 0 Å². The summed E-state index contributed by atoms with van der Waals surface area (Å²) in [7, 11) is 1.10. The van der Waals surface area contributed by atoms with Gasteiger partial charge in [-0.2, -0.15) is 13.2 Å². The first-order valence-corrected chi connectivity index (χ1v) is 4.95. The van der Waals surface area contributed by atoms with E-state index in [1.807, 2.05) is 0 Å². The fraction of sp³-hybridized carbons (Fsp3) is 0.500. The minimum absolute atomic E-state index is 0.211. The van der Waals surface area contributed by atoms with Crippen molar-refractivity contribution in [2.24, 2.45) is 0 Å². The molecule has 1 unspecified atom stereocenters. The molecular formula is C10H9F3N2O3. The molecule has 0 aliphatic carbocycles. The quantitative estimate of drug-likeness (QED) is 0.719. The molecule has 0 saturated heterocycles. The number of nitrogens with zero attached hydrogens (tertiary/aromatic N) is 2. The highest BCUT2D eigenvalue weighted by Gasteiger charge is 2.58. The van der Waals surface area contributed by atoms with E-state index in [-0.39, 0.29) is 17.9 Å². The van der Waals surface area contributed by atoms with Crippen LogP contribution >= 0.6 is 0 Å². The van der Waals surface area contributed by atoms with E-state index in [0.717, 1.165) is 20.2 Å². The number of fused-ring (bicyclic) bond motifs is 1. The van der Waals surface area contributed by atoms with E-state index in [1.54, 1.807) is 0 Å². The van der Waals surface area contributed by atoms with Crippen molar-refractivity contribution in [1.29, 1.82) is 0 Å². The summed E-state index contributed by atoms with van der Waals surface area (Å²) in [4.78, 5) is 18.5. The normalized spacial score (nSPS) is 22.7. The monoisotopic (exact) mass is 262 g/mol. The van der Waals surface area contributed by atoms with Crippen LogP contribution in [0.5, 0.6) is 0 Å². The topological polar surface area (TPSA) is 61.3 Å². The third-order valence-corrected chi connectivity index (χ3v) is 2.74. The number of aromatic nitrogens is 2. The average molecular weight is 262 g/mol. The van der Waals surface area contributed by atoms with Crippen LogP contribution in [-0.4, -0.2) is 29.2 Å². The molecule has 0 amide bonds. The zero-order chi connectivity index (χ0) is 13.6. The van der Waals surface area contributed by atoms with Crippen LogP contribution in [0.15, 0.2) is 6.20 Å². The Labute approximate surface area is 99.9 Å². The second-order valence-corrected chi connectivity index (χ2v) is 3.88. The maximum Gasteiger partial charge on any atom is 0.422 e. The van der Waals surface area contributed by atoms with E-state index in [9.17, 15) is 18.0 Å². The number of esters is 1. The van der Waals surface area contributed by atoms with Crippen molar-refractivity contribution >= 4 is 5.97 Å². The molecule has 5 nitrogen and oxygen atoms in total. The van der Waals surface area contributed by atoms with Crippen molar-refractivity contribution in [2.75, 3.05) is 7.11 Å². The first-order valence-electron chi connectivity index (χ1n) is 4.95. The lowest BCUT2D eigenvalue weighted by Gasteiger charge is -2.26. The van der Waals surface area contributed by atoms with Crippen molar-refractivity contribution in [3.8, 4) is 0 Å². The van der Waals surface area contributed by atoms with E-state index in [0.29, 0.717) is 0 Å². The summed E-state index contributed by atoms with van der Waals surface area (Å²) >= 11 is 0. The fourth-order valence-electron chi connectivity index (χ4n) is 1.62. The third kappa shape index (κ3) is 1.72. The van der Waals surface area contributed by atoms with Gasteiger partial charge in [-0.15, -0.1) is 0 Å². The molecule has 0 radical (unpaired) electrons. The molecule has 0 fully saturated rings. The molecule has 0 saturated carbocycles. The highest BCUT2D eigenvalue weighted by Crippen LogP contribution is 2.46. The number of hydrogen-bond donors (Lipinski definition) is 0. The van der Waals surface area contributed by atoms with Gasteiger partial charge >= 0.3 is 12.1 Å². The molecule has 2 heterocycles. The van der Waals surface area contributed by atoms with Crippen LogP contribution in [0.4, 0.5) is 13.2 Å². The second-order valence-electron chi connectivity index (χ2n) is 3.88. The summed E-state index contributed by atoms with van der Waals surface area (Å²) in [6.45, 7) is 0.625. The highest BCUT2D eigenvalue weighted by atomic mass is 19.4. The Bertz CT molecular complexity index is 504. The zero-order valence-electron chi connectivity index (χ0n) is 9.54.